The van der Waals surface area contributed by atoms with E-state index < -0.39 is 5.82 Å². The molecule has 2 aliphatic rings. The number of aromatic nitrogens is 7. The number of nitrogens with one attached hydrogen (secondary N) is 1. The predicted molar refractivity (Wildman–Crippen MR) is 143 cm³/mol. The summed E-state index contributed by atoms with van der Waals surface area (Å²) in [5, 5.41) is 16.1. The molecular weight excluding hydrogens is 514 g/mol. The van der Waals surface area contributed by atoms with E-state index in [2.05, 4.69) is 25.6 Å². The van der Waals surface area contributed by atoms with Crippen LogP contribution in [0.5, 0.6) is 0 Å². The molecule has 11 heteroatoms. The van der Waals surface area contributed by atoms with E-state index in [9.17, 15) is 8.78 Å². The topological polar surface area (TPSA) is 95.6 Å². The van der Waals surface area contributed by atoms with Gasteiger partial charge in [0, 0.05) is 42.5 Å². The summed E-state index contributed by atoms with van der Waals surface area (Å²) >= 11 is 0. The highest BCUT2D eigenvalue weighted by molar-refractivity contribution is 5.81. The van der Waals surface area contributed by atoms with Gasteiger partial charge in [-0.1, -0.05) is 6.07 Å². The molecule has 1 aromatic carbocycles. The van der Waals surface area contributed by atoms with Gasteiger partial charge in [0.1, 0.15) is 23.7 Å². The van der Waals surface area contributed by atoms with E-state index in [4.69, 9.17) is 9.72 Å². The fourth-order valence-corrected chi connectivity index (χ4v) is 4.83. The normalized spacial score (nSPS) is 15.4. The van der Waals surface area contributed by atoms with Crippen LogP contribution in [0, 0.1) is 11.6 Å². The van der Waals surface area contributed by atoms with E-state index in [1.165, 1.54) is 18.2 Å². The third kappa shape index (κ3) is 4.78. The van der Waals surface area contributed by atoms with Gasteiger partial charge in [-0.2, -0.15) is 5.10 Å². The Kier molecular flexibility index (Phi) is 6.17. The first kappa shape index (κ1) is 24.7. The quantitative estimate of drug-likeness (QED) is 0.311. The molecule has 0 bridgehead atoms. The first-order valence-electron chi connectivity index (χ1n) is 13.2. The molecule has 5 aromatic rings. The van der Waals surface area contributed by atoms with Crippen molar-refractivity contribution < 1.29 is 13.5 Å². The van der Waals surface area contributed by atoms with E-state index in [1.807, 2.05) is 19.2 Å². The monoisotopic (exact) mass is 540 g/mol. The van der Waals surface area contributed by atoms with Crippen molar-refractivity contribution in [3.8, 4) is 39.6 Å². The van der Waals surface area contributed by atoms with Gasteiger partial charge in [-0.05, 0) is 60.4 Å². The van der Waals surface area contributed by atoms with Crippen molar-refractivity contribution in [3.63, 3.8) is 0 Å². The molecule has 4 aromatic heterocycles. The zero-order valence-electron chi connectivity index (χ0n) is 21.8. The summed E-state index contributed by atoms with van der Waals surface area (Å²) in [5.74, 6) is 0.723. The number of ether oxygens (including phenoxy) is 1. The summed E-state index contributed by atoms with van der Waals surface area (Å²) in [5.41, 5.74) is 4.75. The van der Waals surface area contributed by atoms with Crippen molar-refractivity contribution in [1.29, 1.82) is 0 Å². The van der Waals surface area contributed by atoms with Crippen molar-refractivity contribution in [1.82, 2.24) is 39.8 Å². The van der Waals surface area contributed by atoms with Crippen LogP contribution >= 0.6 is 0 Å². The molecule has 9 nitrogen and oxygen atoms in total. The van der Waals surface area contributed by atoms with Crippen LogP contribution in [0.2, 0.25) is 0 Å². The molecule has 0 amide bonds. The van der Waals surface area contributed by atoms with E-state index >= 15 is 0 Å². The Bertz CT molecular complexity index is 1710. The number of rotatable bonds is 8. The molecule has 1 saturated carbocycles. The number of hydrogen-bond donors (Lipinski definition) is 1. The maximum atomic E-state index is 14.9. The standard InChI is InChI=1S/C29H26F2N8O/c1-38-16-33-37-29(38)24-10-20(30)4-6-23(24)18-8-26(17-2-3-17)36-27(9-18)39-13-19(11-34-39)28-25(31)7-5-21(35-28)12-32-22-14-40-15-22/h4-11,13,16-17,22,32H,2-3,12,14-15H2,1H3. The van der Waals surface area contributed by atoms with E-state index in [-0.39, 0.29) is 11.5 Å². The Morgan fingerprint density at radius 2 is 1.88 bits per heavy atom. The number of nitrogens with zero attached hydrogens (tertiary/aromatic N) is 7. The Hall–Kier alpha value is -4.35. The summed E-state index contributed by atoms with van der Waals surface area (Å²) in [6.45, 7) is 1.87. The molecule has 202 valence electrons. The van der Waals surface area contributed by atoms with E-state index in [0.717, 1.165) is 35.4 Å². The SMILES string of the molecule is Cn1cnnc1-c1cc(F)ccc1-c1cc(C2CC2)nc(-n2cc(-c3nc(CNC4COC4)ccc3F)cn2)c1. The maximum absolute atomic E-state index is 14.9. The average molecular weight is 541 g/mol. The third-order valence-electron chi connectivity index (χ3n) is 7.28. The predicted octanol–water partition coefficient (Wildman–Crippen LogP) is 4.44. The molecule has 1 saturated heterocycles. The van der Waals surface area contributed by atoms with Gasteiger partial charge in [0.15, 0.2) is 11.6 Å². The molecule has 40 heavy (non-hydrogen) atoms. The number of benzene rings is 1. The highest BCUT2D eigenvalue weighted by Crippen LogP contribution is 2.42. The fourth-order valence-electron chi connectivity index (χ4n) is 4.83. The fraction of sp³-hybridized carbons (Fsp3) is 0.276. The first-order valence-corrected chi connectivity index (χ1v) is 13.2. The van der Waals surface area contributed by atoms with Gasteiger partial charge >= 0.3 is 0 Å². The summed E-state index contributed by atoms with van der Waals surface area (Å²) < 4.78 is 37.8. The van der Waals surface area contributed by atoms with Crippen LogP contribution in [0.1, 0.15) is 30.1 Å². The zero-order valence-corrected chi connectivity index (χ0v) is 21.8. The Morgan fingerprint density at radius 3 is 2.62 bits per heavy atom. The molecule has 2 fully saturated rings. The van der Waals surface area contributed by atoms with Crippen LogP contribution in [0.25, 0.3) is 39.6 Å². The zero-order chi connectivity index (χ0) is 27.2. The highest BCUT2D eigenvalue weighted by atomic mass is 19.1. The summed E-state index contributed by atoms with van der Waals surface area (Å²) in [6, 6.07) is 12.0. The molecule has 1 N–H and O–H groups in total. The number of aryl methyl sites for hydroxylation is 1. The van der Waals surface area contributed by atoms with Crippen LogP contribution < -0.4 is 5.32 Å². The van der Waals surface area contributed by atoms with Crippen LogP contribution in [-0.2, 0) is 18.3 Å². The second kappa shape index (κ2) is 10.00. The molecule has 7 rings (SSSR count). The minimum absolute atomic E-state index is 0.233. The second-order valence-electron chi connectivity index (χ2n) is 10.3. The van der Waals surface area contributed by atoms with Crippen molar-refractivity contribution >= 4 is 0 Å². The summed E-state index contributed by atoms with van der Waals surface area (Å²) in [6.07, 6.45) is 7.03. The van der Waals surface area contributed by atoms with Gasteiger partial charge in [-0.25, -0.2) is 23.4 Å². The largest absolute Gasteiger partial charge is 0.378 e. The van der Waals surface area contributed by atoms with Crippen molar-refractivity contribution in [3.05, 3.63) is 84.2 Å². The number of hydrogen-bond acceptors (Lipinski definition) is 7. The molecule has 1 aliphatic heterocycles. The van der Waals surface area contributed by atoms with Gasteiger partial charge in [0.2, 0.25) is 0 Å². The Labute approximate surface area is 228 Å². The van der Waals surface area contributed by atoms with Crippen molar-refractivity contribution in [2.45, 2.75) is 31.3 Å². The van der Waals surface area contributed by atoms with Gasteiger partial charge in [0.25, 0.3) is 0 Å². The van der Waals surface area contributed by atoms with Crippen LogP contribution in [0.4, 0.5) is 8.78 Å². The molecule has 0 spiro atoms. The lowest BCUT2D eigenvalue weighted by molar-refractivity contribution is -0.00590. The molecule has 1 aliphatic carbocycles. The minimum Gasteiger partial charge on any atom is -0.378 e. The van der Waals surface area contributed by atoms with Gasteiger partial charge in [-0.15, -0.1) is 10.2 Å². The van der Waals surface area contributed by atoms with Gasteiger partial charge in [-0.3, -0.25) is 0 Å². The summed E-state index contributed by atoms with van der Waals surface area (Å²) in [4.78, 5) is 9.44. The summed E-state index contributed by atoms with van der Waals surface area (Å²) in [7, 11) is 1.82. The van der Waals surface area contributed by atoms with Gasteiger partial charge < -0.3 is 14.6 Å². The number of pyridine rings is 2. The first-order chi connectivity index (χ1) is 19.5. The van der Waals surface area contributed by atoms with E-state index in [0.29, 0.717) is 54.5 Å². The van der Waals surface area contributed by atoms with Crippen molar-refractivity contribution in [2.24, 2.45) is 7.05 Å². The van der Waals surface area contributed by atoms with Crippen LogP contribution in [0.15, 0.2) is 61.2 Å². The lowest BCUT2D eigenvalue weighted by Gasteiger charge is -2.26. The lowest BCUT2D eigenvalue weighted by Crippen LogP contribution is -2.45. The highest BCUT2D eigenvalue weighted by Gasteiger charge is 2.27. The Balaban J connectivity index is 1.26. The maximum Gasteiger partial charge on any atom is 0.164 e. The lowest BCUT2D eigenvalue weighted by atomic mass is 9.98. The average Bonchev–Trinajstić information content (AvgIpc) is 3.51. The third-order valence-corrected chi connectivity index (χ3v) is 7.28. The van der Waals surface area contributed by atoms with Crippen molar-refractivity contribution in [2.75, 3.05) is 13.2 Å². The van der Waals surface area contributed by atoms with Crippen LogP contribution in [-0.4, -0.2) is 53.8 Å². The van der Waals surface area contributed by atoms with E-state index in [1.54, 1.807) is 40.1 Å². The molecule has 5 heterocycles. The smallest absolute Gasteiger partial charge is 0.164 e. The Morgan fingerprint density at radius 1 is 1.00 bits per heavy atom. The molecular formula is C29H26F2N8O. The minimum atomic E-state index is -0.421. The number of halogens is 2. The molecule has 0 unspecified atom stereocenters. The van der Waals surface area contributed by atoms with Gasteiger partial charge in [0.05, 0.1) is 31.1 Å². The second-order valence-corrected chi connectivity index (χ2v) is 10.3. The molecule has 0 radical (unpaired) electrons. The van der Waals surface area contributed by atoms with Crippen LogP contribution in [0.3, 0.4) is 0 Å². The molecule has 0 atom stereocenters.